The second-order valence-electron chi connectivity index (χ2n) is 4.91. The summed E-state index contributed by atoms with van der Waals surface area (Å²) in [5.41, 5.74) is 6.79. The topological polar surface area (TPSA) is 26.0 Å². The third-order valence-corrected chi connectivity index (χ3v) is 2.77. The van der Waals surface area contributed by atoms with Crippen LogP contribution in [0.5, 0.6) is 0 Å². The molecule has 1 rings (SSSR count). The molecule has 1 fully saturated rings. The maximum absolute atomic E-state index is 6.12. The molecule has 0 atom stereocenters. The minimum Gasteiger partial charge on any atom is -0.325 e. The van der Waals surface area contributed by atoms with Gasteiger partial charge in [0.25, 0.3) is 0 Å². The van der Waals surface area contributed by atoms with Crippen molar-refractivity contribution in [2.45, 2.75) is 46.1 Å². The Morgan fingerprint density at radius 3 is 1.70 bits per heavy atom. The van der Waals surface area contributed by atoms with Gasteiger partial charge in [0.2, 0.25) is 0 Å². The van der Waals surface area contributed by atoms with Gasteiger partial charge in [0.05, 0.1) is 0 Å². The SMILES string of the molecule is CC(C)C1(N)CC(C)(C)C1. The van der Waals surface area contributed by atoms with Crippen LogP contribution in [-0.4, -0.2) is 5.54 Å². The van der Waals surface area contributed by atoms with Gasteiger partial charge in [-0.15, -0.1) is 0 Å². The van der Waals surface area contributed by atoms with Crippen molar-refractivity contribution < 1.29 is 0 Å². The lowest BCUT2D eigenvalue weighted by Gasteiger charge is -2.53. The summed E-state index contributed by atoms with van der Waals surface area (Å²) in [4.78, 5) is 0. The van der Waals surface area contributed by atoms with E-state index in [9.17, 15) is 0 Å². The van der Waals surface area contributed by atoms with Crippen LogP contribution >= 0.6 is 0 Å². The highest BCUT2D eigenvalue weighted by molar-refractivity contribution is 5.04. The molecule has 0 bridgehead atoms. The zero-order valence-electron chi connectivity index (χ0n) is 7.57. The van der Waals surface area contributed by atoms with Crippen LogP contribution in [0.2, 0.25) is 0 Å². The summed E-state index contributed by atoms with van der Waals surface area (Å²) in [6.07, 6.45) is 2.38. The molecule has 1 nitrogen and oxygen atoms in total. The molecular formula is C9H19N. The van der Waals surface area contributed by atoms with Gasteiger partial charge in [0.1, 0.15) is 0 Å². The molecule has 1 aliphatic carbocycles. The fourth-order valence-electron chi connectivity index (χ4n) is 2.14. The Balaban J connectivity index is 2.50. The van der Waals surface area contributed by atoms with Crippen LogP contribution in [0.1, 0.15) is 40.5 Å². The Kier molecular flexibility index (Phi) is 1.59. The average molecular weight is 141 g/mol. The van der Waals surface area contributed by atoms with Crippen molar-refractivity contribution in [3.05, 3.63) is 0 Å². The Morgan fingerprint density at radius 1 is 1.20 bits per heavy atom. The van der Waals surface area contributed by atoms with Crippen LogP contribution in [-0.2, 0) is 0 Å². The highest BCUT2D eigenvalue weighted by atomic mass is 14.8. The zero-order valence-corrected chi connectivity index (χ0v) is 7.57. The summed E-state index contributed by atoms with van der Waals surface area (Å²) in [6.45, 7) is 9.02. The van der Waals surface area contributed by atoms with Crippen molar-refractivity contribution in [2.75, 3.05) is 0 Å². The fourth-order valence-corrected chi connectivity index (χ4v) is 2.14. The lowest BCUT2D eigenvalue weighted by atomic mass is 9.56. The summed E-state index contributed by atoms with van der Waals surface area (Å²) in [6, 6.07) is 0. The van der Waals surface area contributed by atoms with E-state index in [1.54, 1.807) is 0 Å². The van der Waals surface area contributed by atoms with E-state index >= 15 is 0 Å². The van der Waals surface area contributed by atoms with Crippen LogP contribution in [0.3, 0.4) is 0 Å². The van der Waals surface area contributed by atoms with Crippen LogP contribution in [0.4, 0.5) is 0 Å². The van der Waals surface area contributed by atoms with Crippen molar-refractivity contribution in [2.24, 2.45) is 17.1 Å². The molecule has 0 spiro atoms. The minimum absolute atomic E-state index is 0.156. The first-order chi connectivity index (χ1) is 4.36. The smallest absolute Gasteiger partial charge is 0.0187 e. The first-order valence-electron chi connectivity index (χ1n) is 4.15. The van der Waals surface area contributed by atoms with Gasteiger partial charge >= 0.3 is 0 Å². The molecule has 0 aliphatic heterocycles. The maximum atomic E-state index is 6.12. The van der Waals surface area contributed by atoms with Gasteiger partial charge in [-0.2, -0.15) is 0 Å². The monoisotopic (exact) mass is 141 g/mol. The van der Waals surface area contributed by atoms with Crippen molar-refractivity contribution in [1.29, 1.82) is 0 Å². The van der Waals surface area contributed by atoms with E-state index in [2.05, 4.69) is 27.7 Å². The molecule has 0 amide bonds. The molecule has 1 heteroatoms. The molecule has 1 aliphatic rings. The van der Waals surface area contributed by atoms with Gasteiger partial charge in [0.15, 0.2) is 0 Å². The first-order valence-corrected chi connectivity index (χ1v) is 4.15. The minimum atomic E-state index is 0.156. The number of hydrogen-bond acceptors (Lipinski definition) is 1. The molecule has 1 saturated carbocycles. The summed E-state index contributed by atoms with van der Waals surface area (Å²) >= 11 is 0. The van der Waals surface area contributed by atoms with Gasteiger partial charge in [0, 0.05) is 5.54 Å². The maximum Gasteiger partial charge on any atom is 0.0187 e. The van der Waals surface area contributed by atoms with Crippen LogP contribution in [0, 0.1) is 11.3 Å². The quantitative estimate of drug-likeness (QED) is 0.595. The third kappa shape index (κ3) is 1.20. The molecule has 0 radical (unpaired) electrons. The van der Waals surface area contributed by atoms with E-state index in [4.69, 9.17) is 5.73 Å². The lowest BCUT2D eigenvalue weighted by molar-refractivity contribution is 0.0282. The molecule has 0 heterocycles. The molecular weight excluding hydrogens is 122 g/mol. The molecule has 0 aromatic carbocycles. The Hall–Kier alpha value is -0.0400. The molecule has 10 heavy (non-hydrogen) atoms. The van der Waals surface area contributed by atoms with E-state index < -0.39 is 0 Å². The average Bonchev–Trinajstić information content (AvgIpc) is 1.59. The summed E-state index contributed by atoms with van der Waals surface area (Å²) in [5.74, 6) is 0.639. The predicted octanol–water partition coefficient (Wildman–Crippen LogP) is 2.16. The second kappa shape index (κ2) is 1.97. The van der Waals surface area contributed by atoms with Gasteiger partial charge in [-0.3, -0.25) is 0 Å². The molecule has 0 unspecified atom stereocenters. The highest BCUT2D eigenvalue weighted by Gasteiger charge is 2.47. The Bertz CT molecular complexity index is 128. The van der Waals surface area contributed by atoms with Crippen molar-refractivity contribution >= 4 is 0 Å². The number of rotatable bonds is 1. The highest BCUT2D eigenvalue weighted by Crippen LogP contribution is 2.49. The first kappa shape index (κ1) is 8.06. The van der Waals surface area contributed by atoms with E-state index in [0.717, 1.165) is 0 Å². The zero-order chi connectivity index (χ0) is 7.99. The van der Waals surface area contributed by atoms with E-state index in [0.29, 0.717) is 11.3 Å². The fraction of sp³-hybridized carbons (Fsp3) is 1.00. The number of hydrogen-bond donors (Lipinski definition) is 1. The number of nitrogens with two attached hydrogens (primary N) is 1. The predicted molar refractivity (Wildman–Crippen MR) is 44.8 cm³/mol. The lowest BCUT2D eigenvalue weighted by Crippen LogP contribution is -2.59. The van der Waals surface area contributed by atoms with Crippen molar-refractivity contribution in [3.8, 4) is 0 Å². The van der Waals surface area contributed by atoms with E-state index in [-0.39, 0.29) is 5.54 Å². The van der Waals surface area contributed by atoms with Crippen molar-refractivity contribution in [1.82, 2.24) is 0 Å². The Labute approximate surface area is 64.0 Å². The van der Waals surface area contributed by atoms with Gasteiger partial charge in [-0.1, -0.05) is 27.7 Å². The van der Waals surface area contributed by atoms with Gasteiger partial charge < -0.3 is 5.73 Å². The second-order valence-corrected chi connectivity index (χ2v) is 4.91. The molecule has 2 N–H and O–H groups in total. The van der Waals surface area contributed by atoms with E-state index in [1.165, 1.54) is 12.8 Å². The van der Waals surface area contributed by atoms with Crippen LogP contribution in [0.15, 0.2) is 0 Å². The van der Waals surface area contributed by atoms with Crippen LogP contribution < -0.4 is 5.73 Å². The van der Waals surface area contributed by atoms with Gasteiger partial charge in [-0.05, 0) is 24.2 Å². The summed E-state index contributed by atoms with van der Waals surface area (Å²) < 4.78 is 0. The van der Waals surface area contributed by atoms with Crippen LogP contribution in [0.25, 0.3) is 0 Å². The summed E-state index contributed by atoms with van der Waals surface area (Å²) in [7, 11) is 0. The standard InChI is InChI=1S/C9H19N/c1-7(2)9(10)5-8(3,4)6-9/h7H,5-6,10H2,1-4H3. The van der Waals surface area contributed by atoms with Crippen molar-refractivity contribution in [3.63, 3.8) is 0 Å². The molecule has 0 aromatic heterocycles. The molecule has 60 valence electrons. The largest absolute Gasteiger partial charge is 0.325 e. The molecule has 0 saturated heterocycles. The summed E-state index contributed by atoms with van der Waals surface area (Å²) in [5, 5.41) is 0. The Morgan fingerprint density at radius 2 is 1.60 bits per heavy atom. The van der Waals surface area contributed by atoms with E-state index in [1.807, 2.05) is 0 Å². The molecule has 0 aromatic rings. The normalized spacial score (nSPS) is 28.2. The van der Waals surface area contributed by atoms with Gasteiger partial charge in [-0.25, -0.2) is 0 Å². The third-order valence-electron chi connectivity index (χ3n) is 2.77.